The molecule has 3 amide bonds. The molecule has 8 nitrogen and oxygen atoms in total. The Hall–Kier alpha value is -3.95. The molecular formula is C26H23N5O3S. The Bertz CT molecular complexity index is 1450. The summed E-state index contributed by atoms with van der Waals surface area (Å²) >= 11 is 1.37. The minimum absolute atomic E-state index is 0.0408. The van der Waals surface area contributed by atoms with Crippen molar-refractivity contribution in [2.75, 3.05) is 28.6 Å². The lowest BCUT2D eigenvalue weighted by Crippen LogP contribution is -2.34. The molecule has 2 aromatic heterocycles. The Morgan fingerprint density at radius 1 is 1.14 bits per heavy atom. The van der Waals surface area contributed by atoms with Crippen LogP contribution < -0.4 is 25.6 Å². The molecule has 6 rings (SSSR count). The average molecular weight is 486 g/mol. The molecule has 4 heterocycles. The van der Waals surface area contributed by atoms with E-state index in [0.717, 1.165) is 45.9 Å². The first-order valence-electron chi connectivity index (χ1n) is 11.5. The zero-order valence-corrected chi connectivity index (χ0v) is 19.8. The van der Waals surface area contributed by atoms with E-state index < -0.39 is 0 Å². The third kappa shape index (κ3) is 3.88. The van der Waals surface area contributed by atoms with E-state index >= 15 is 0 Å². The molecule has 176 valence electrons. The van der Waals surface area contributed by atoms with E-state index in [1.807, 2.05) is 61.5 Å². The standard InChI is InChI=1S/C26H23N5O3S/c1-15-13-18(34-17-5-3-2-4-6-17)7-8-19(15)31-20-10-12-28-24-21(20)22(29-26(31)33)25(35-24)30-23(32)16-9-11-27-14-16/h2-8,10,12-13,16,27H,9,11,14H2,1H3,(H,29,33)(H,30,32). The monoisotopic (exact) mass is 485 g/mol. The molecule has 0 aliphatic carbocycles. The van der Waals surface area contributed by atoms with E-state index in [4.69, 9.17) is 4.74 Å². The Labute approximate surface area is 205 Å². The van der Waals surface area contributed by atoms with Crippen molar-refractivity contribution in [3.05, 3.63) is 66.4 Å². The van der Waals surface area contributed by atoms with Gasteiger partial charge in [0.1, 0.15) is 21.3 Å². The van der Waals surface area contributed by atoms with Crippen LogP contribution in [0.5, 0.6) is 11.5 Å². The molecule has 9 heteroatoms. The number of nitrogens with zero attached hydrogens (tertiary/aromatic N) is 2. The number of thiophene rings is 1. The predicted octanol–water partition coefficient (Wildman–Crippen LogP) is 5.63. The zero-order valence-electron chi connectivity index (χ0n) is 19.0. The van der Waals surface area contributed by atoms with Gasteiger partial charge in [0.25, 0.3) is 0 Å². The molecular weight excluding hydrogens is 462 g/mol. The van der Waals surface area contributed by atoms with Gasteiger partial charge in [-0.2, -0.15) is 0 Å². The van der Waals surface area contributed by atoms with Gasteiger partial charge >= 0.3 is 6.03 Å². The Kier molecular flexibility index (Phi) is 5.35. The van der Waals surface area contributed by atoms with Gasteiger partial charge < -0.3 is 20.7 Å². The Morgan fingerprint density at radius 2 is 2.00 bits per heavy atom. The van der Waals surface area contributed by atoms with Crippen molar-refractivity contribution in [2.24, 2.45) is 5.92 Å². The molecule has 2 aliphatic rings. The van der Waals surface area contributed by atoms with Gasteiger partial charge in [-0.3, -0.25) is 9.69 Å². The SMILES string of the molecule is Cc1cc(Oc2ccccc2)ccc1N1C(=O)Nc2c(NC(=O)C3CCNC3)sc3nccc1c23. The van der Waals surface area contributed by atoms with Crippen molar-refractivity contribution in [3.8, 4) is 11.5 Å². The fraction of sp³-hybridized carbons (Fsp3) is 0.192. The van der Waals surface area contributed by atoms with E-state index in [1.54, 1.807) is 11.1 Å². The highest BCUT2D eigenvalue weighted by atomic mass is 32.1. The first-order chi connectivity index (χ1) is 17.1. The Morgan fingerprint density at radius 3 is 2.77 bits per heavy atom. The number of anilines is 4. The van der Waals surface area contributed by atoms with Crippen LogP contribution in [-0.2, 0) is 4.79 Å². The van der Waals surface area contributed by atoms with Crippen LogP contribution in [0.3, 0.4) is 0 Å². The van der Waals surface area contributed by atoms with Gasteiger partial charge in [0.2, 0.25) is 5.91 Å². The van der Waals surface area contributed by atoms with Gasteiger partial charge in [0.15, 0.2) is 0 Å². The summed E-state index contributed by atoms with van der Waals surface area (Å²) in [5.41, 5.74) is 2.97. The fourth-order valence-corrected chi connectivity index (χ4v) is 5.59. The molecule has 2 aromatic carbocycles. The van der Waals surface area contributed by atoms with E-state index in [2.05, 4.69) is 20.9 Å². The highest BCUT2D eigenvalue weighted by molar-refractivity contribution is 7.23. The quantitative estimate of drug-likeness (QED) is 0.341. The van der Waals surface area contributed by atoms with Crippen molar-refractivity contribution in [1.82, 2.24) is 10.3 Å². The number of aromatic nitrogens is 1. The van der Waals surface area contributed by atoms with Crippen molar-refractivity contribution < 1.29 is 14.3 Å². The van der Waals surface area contributed by atoms with Crippen molar-refractivity contribution in [3.63, 3.8) is 0 Å². The van der Waals surface area contributed by atoms with Crippen LogP contribution in [0.2, 0.25) is 0 Å². The number of rotatable bonds is 5. The van der Waals surface area contributed by atoms with Gasteiger partial charge in [0, 0.05) is 12.7 Å². The third-order valence-electron chi connectivity index (χ3n) is 6.30. The molecule has 35 heavy (non-hydrogen) atoms. The Balaban J connectivity index is 1.35. The number of hydrogen-bond donors (Lipinski definition) is 3. The van der Waals surface area contributed by atoms with Crippen LogP contribution >= 0.6 is 11.3 Å². The third-order valence-corrected chi connectivity index (χ3v) is 7.32. The summed E-state index contributed by atoms with van der Waals surface area (Å²) in [6.45, 7) is 3.45. The number of urea groups is 1. The predicted molar refractivity (Wildman–Crippen MR) is 138 cm³/mol. The van der Waals surface area contributed by atoms with Crippen molar-refractivity contribution >= 4 is 55.6 Å². The highest BCUT2D eigenvalue weighted by Gasteiger charge is 2.33. The van der Waals surface area contributed by atoms with E-state index in [0.29, 0.717) is 23.0 Å². The van der Waals surface area contributed by atoms with Crippen LogP contribution in [0.15, 0.2) is 60.8 Å². The molecule has 1 atom stereocenters. The molecule has 1 unspecified atom stereocenters. The number of carbonyl (C=O) groups is 2. The number of para-hydroxylation sites is 1. The van der Waals surface area contributed by atoms with Crippen molar-refractivity contribution in [1.29, 1.82) is 0 Å². The molecule has 4 aromatic rings. The summed E-state index contributed by atoms with van der Waals surface area (Å²) in [5, 5.41) is 10.7. The zero-order chi connectivity index (χ0) is 23.9. The second-order valence-corrected chi connectivity index (χ2v) is 9.62. The molecule has 0 saturated carbocycles. The van der Waals surface area contributed by atoms with E-state index in [9.17, 15) is 9.59 Å². The van der Waals surface area contributed by atoms with Gasteiger partial charge in [-0.1, -0.05) is 29.5 Å². The first-order valence-corrected chi connectivity index (χ1v) is 12.3. The maximum absolute atomic E-state index is 13.4. The maximum atomic E-state index is 13.4. The second-order valence-electron chi connectivity index (χ2n) is 8.62. The summed E-state index contributed by atoms with van der Waals surface area (Å²) in [5.74, 6) is 1.32. The van der Waals surface area contributed by atoms with Gasteiger partial charge in [-0.05, 0) is 61.9 Å². The molecule has 2 aliphatic heterocycles. The number of pyridine rings is 1. The van der Waals surface area contributed by atoms with Crippen molar-refractivity contribution in [2.45, 2.75) is 13.3 Å². The second kappa shape index (κ2) is 8.68. The van der Waals surface area contributed by atoms with E-state index in [1.165, 1.54) is 11.3 Å². The lowest BCUT2D eigenvalue weighted by Gasteiger charge is -2.29. The number of carbonyl (C=O) groups excluding carboxylic acids is 2. The maximum Gasteiger partial charge on any atom is 0.331 e. The van der Waals surface area contributed by atoms with Gasteiger partial charge in [-0.25, -0.2) is 9.78 Å². The summed E-state index contributed by atoms with van der Waals surface area (Å²) in [7, 11) is 0. The normalized spacial score (nSPS) is 16.9. The molecule has 0 radical (unpaired) electrons. The number of hydrogen-bond acceptors (Lipinski definition) is 6. The van der Waals surface area contributed by atoms with Crippen LogP contribution in [0.4, 0.5) is 26.9 Å². The summed E-state index contributed by atoms with van der Waals surface area (Å²) < 4.78 is 5.95. The topological polar surface area (TPSA) is 95.6 Å². The minimum atomic E-state index is -0.291. The first kappa shape index (κ1) is 21.6. The largest absolute Gasteiger partial charge is 0.457 e. The molecule has 0 spiro atoms. The number of benzene rings is 2. The minimum Gasteiger partial charge on any atom is -0.457 e. The summed E-state index contributed by atoms with van der Waals surface area (Å²) in [4.78, 5) is 33.0. The van der Waals surface area contributed by atoms with Crippen LogP contribution in [0, 0.1) is 12.8 Å². The van der Waals surface area contributed by atoms with Crippen LogP contribution in [0.1, 0.15) is 12.0 Å². The number of amides is 3. The fourth-order valence-electron chi connectivity index (χ4n) is 4.57. The van der Waals surface area contributed by atoms with Crippen LogP contribution in [-0.4, -0.2) is 30.0 Å². The van der Waals surface area contributed by atoms with E-state index in [-0.39, 0.29) is 17.9 Å². The molecule has 3 N–H and O–H groups in total. The van der Waals surface area contributed by atoms with Gasteiger partial charge in [-0.15, -0.1) is 0 Å². The van der Waals surface area contributed by atoms with Gasteiger partial charge in [0.05, 0.1) is 28.4 Å². The number of aryl methyl sites for hydroxylation is 1. The molecule has 0 bridgehead atoms. The molecule has 1 saturated heterocycles. The lowest BCUT2D eigenvalue weighted by atomic mass is 10.1. The highest BCUT2D eigenvalue weighted by Crippen LogP contribution is 2.49. The van der Waals surface area contributed by atoms with Crippen LogP contribution in [0.25, 0.3) is 10.2 Å². The number of ether oxygens (including phenoxy) is 1. The summed E-state index contributed by atoms with van der Waals surface area (Å²) in [6.07, 6.45) is 2.50. The summed E-state index contributed by atoms with van der Waals surface area (Å²) in [6, 6.07) is 16.8. The molecule has 1 fully saturated rings. The average Bonchev–Trinajstić information content (AvgIpc) is 3.51. The number of nitrogens with one attached hydrogen (secondary N) is 3. The lowest BCUT2D eigenvalue weighted by molar-refractivity contribution is -0.119. The smallest absolute Gasteiger partial charge is 0.331 e.